The molecular formula is C47H50N4OPt. The minimum absolute atomic E-state index is 0. The summed E-state index contributed by atoms with van der Waals surface area (Å²) in [6.07, 6.45) is 9.12. The molecule has 274 valence electrons. The third-order valence-electron chi connectivity index (χ3n) is 9.59. The quantitative estimate of drug-likeness (QED) is 0.115. The Hall–Kier alpha value is -4.47. The van der Waals surface area contributed by atoms with Gasteiger partial charge in [-0.1, -0.05) is 97.3 Å². The second kappa shape index (κ2) is 16.3. The zero-order chi connectivity index (χ0) is 36.5. The van der Waals surface area contributed by atoms with Gasteiger partial charge in [0.05, 0.1) is 6.20 Å². The fraction of sp³-hybridized carbons (Fsp3) is 0.319. The van der Waals surface area contributed by atoms with Gasteiger partial charge in [-0.2, -0.15) is 11.2 Å². The number of benzene rings is 4. The van der Waals surface area contributed by atoms with E-state index < -0.39 is 0 Å². The molecule has 0 amide bonds. The summed E-state index contributed by atoms with van der Waals surface area (Å²) in [6.45, 7) is 18.0. The largest absolute Gasteiger partial charge is 2.00 e. The molecule has 4 aromatic carbocycles. The van der Waals surface area contributed by atoms with Crippen LogP contribution < -0.4 is 4.74 Å². The fourth-order valence-corrected chi connectivity index (χ4v) is 7.36. The monoisotopic (exact) mass is 881 g/mol. The standard InChI is InChI=1S/C47H50N4O.Pt/c1-30(2)20-34-18-19-48-46(23-34)51-44-15-10-9-14-42(44)43-17-16-40(27-45(43)51)52-41-25-37(33(7)8)24-39(26-41)50-29-38(28-49-50)47-35(21-31(3)4)12-11-13-36(47)22-32(5)6;/h9-19,23-25,28-33H,20-22H2,1-8H3;/q-2;+2. The number of para-hydroxylation sites is 1. The Balaban J connectivity index is 0.00000481. The Morgan fingerprint density at radius 3 is 2.11 bits per heavy atom. The van der Waals surface area contributed by atoms with Gasteiger partial charge in [0.25, 0.3) is 0 Å². The maximum atomic E-state index is 6.63. The average Bonchev–Trinajstić information content (AvgIpc) is 3.71. The number of rotatable bonds is 12. The first-order chi connectivity index (χ1) is 25.0. The third kappa shape index (κ3) is 8.36. The normalized spacial score (nSPS) is 11.8. The Morgan fingerprint density at radius 2 is 1.42 bits per heavy atom. The van der Waals surface area contributed by atoms with Crippen molar-refractivity contribution in [3.05, 3.63) is 132 Å². The first-order valence-corrected chi connectivity index (χ1v) is 18.9. The Kier molecular flexibility index (Phi) is 11.7. The molecule has 3 heterocycles. The van der Waals surface area contributed by atoms with Crippen molar-refractivity contribution in [3.8, 4) is 34.1 Å². The molecule has 0 atom stereocenters. The van der Waals surface area contributed by atoms with Crippen LogP contribution >= 0.6 is 0 Å². The van der Waals surface area contributed by atoms with Crippen molar-refractivity contribution >= 4 is 21.8 Å². The Bertz CT molecular complexity index is 2320. The summed E-state index contributed by atoms with van der Waals surface area (Å²) >= 11 is 0. The molecule has 0 aliphatic rings. The zero-order valence-electron chi connectivity index (χ0n) is 32.2. The predicted octanol–water partition coefficient (Wildman–Crippen LogP) is 12.1. The van der Waals surface area contributed by atoms with Gasteiger partial charge in [0.2, 0.25) is 0 Å². The Labute approximate surface area is 329 Å². The van der Waals surface area contributed by atoms with Crippen LogP contribution in [0.25, 0.3) is 44.4 Å². The molecule has 0 radical (unpaired) electrons. The van der Waals surface area contributed by atoms with E-state index in [0.29, 0.717) is 29.3 Å². The van der Waals surface area contributed by atoms with Crippen LogP contribution in [-0.2, 0) is 40.3 Å². The fourth-order valence-electron chi connectivity index (χ4n) is 7.36. The summed E-state index contributed by atoms with van der Waals surface area (Å²) in [5.74, 6) is 4.10. The number of pyridine rings is 1. The molecule has 0 bridgehead atoms. The smallest absolute Gasteiger partial charge is 0.509 e. The summed E-state index contributed by atoms with van der Waals surface area (Å²) < 4.78 is 10.8. The maximum Gasteiger partial charge on any atom is 2.00 e. The third-order valence-corrected chi connectivity index (χ3v) is 9.59. The van der Waals surface area contributed by atoms with Crippen molar-refractivity contribution < 1.29 is 25.8 Å². The number of nitrogens with zero attached hydrogens (tertiary/aromatic N) is 4. The van der Waals surface area contributed by atoms with E-state index in [1.54, 1.807) is 0 Å². The molecule has 3 aromatic heterocycles. The SMILES string of the molecule is CC(C)Cc1ccnc(-n2c3[c-]c(Oc4[c-]c(-n5cc(-c6c(CC(C)C)cccc6CC(C)C)cn5)cc(C(C)C)c4)ccc3c3ccccc32)c1.[Pt+2]. The molecule has 7 rings (SSSR count). The molecule has 7 aromatic rings. The van der Waals surface area contributed by atoms with Crippen molar-refractivity contribution in [2.45, 2.75) is 80.6 Å². The number of fused-ring (bicyclic) bond motifs is 3. The topological polar surface area (TPSA) is 44.9 Å². The van der Waals surface area contributed by atoms with Crippen molar-refractivity contribution in [1.82, 2.24) is 19.3 Å². The number of hydrogen-bond acceptors (Lipinski definition) is 3. The molecule has 0 N–H and O–H groups in total. The van der Waals surface area contributed by atoms with E-state index in [1.807, 2.05) is 23.1 Å². The van der Waals surface area contributed by atoms with Crippen molar-refractivity contribution in [3.63, 3.8) is 0 Å². The van der Waals surface area contributed by atoms with E-state index in [4.69, 9.17) is 14.8 Å². The van der Waals surface area contributed by atoms with Crippen molar-refractivity contribution in [2.75, 3.05) is 0 Å². The number of ether oxygens (including phenoxy) is 1. The van der Waals surface area contributed by atoms with Crippen LogP contribution in [0, 0.1) is 29.9 Å². The summed E-state index contributed by atoms with van der Waals surface area (Å²) in [4.78, 5) is 4.83. The van der Waals surface area contributed by atoms with Gasteiger partial charge in [0.15, 0.2) is 0 Å². The van der Waals surface area contributed by atoms with Crippen LogP contribution in [-0.4, -0.2) is 19.3 Å². The van der Waals surface area contributed by atoms with E-state index in [2.05, 4.69) is 151 Å². The first kappa shape index (κ1) is 38.3. The van der Waals surface area contributed by atoms with E-state index in [9.17, 15) is 0 Å². The van der Waals surface area contributed by atoms with Crippen LogP contribution in [0.15, 0.2) is 97.5 Å². The Morgan fingerprint density at radius 1 is 0.698 bits per heavy atom. The van der Waals surface area contributed by atoms with Gasteiger partial charge in [-0.05, 0) is 94.5 Å². The van der Waals surface area contributed by atoms with Gasteiger partial charge < -0.3 is 9.30 Å². The van der Waals surface area contributed by atoms with Crippen molar-refractivity contribution in [2.24, 2.45) is 17.8 Å². The van der Waals surface area contributed by atoms with E-state index in [0.717, 1.165) is 63.7 Å². The summed E-state index contributed by atoms with van der Waals surface area (Å²) in [5.41, 5.74) is 10.5. The summed E-state index contributed by atoms with van der Waals surface area (Å²) in [7, 11) is 0. The van der Waals surface area contributed by atoms with Crippen molar-refractivity contribution in [1.29, 1.82) is 0 Å². The minimum atomic E-state index is 0. The van der Waals surface area contributed by atoms with E-state index in [-0.39, 0.29) is 27.0 Å². The van der Waals surface area contributed by atoms with Gasteiger partial charge in [-0.3, -0.25) is 4.68 Å². The van der Waals surface area contributed by atoms with Gasteiger partial charge in [0, 0.05) is 35.0 Å². The van der Waals surface area contributed by atoms with Gasteiger partial charge >= 0.3 is 21.1 Å². The zero-order valence-corrected chi connectivity index (χ0v) is 34.5. The molecule has 0 aliphatic heterocycles. The number of aromatic nitrogens is 4. The molecule has 0 saturated carbocycles. The minimum Gasteiger partial charge on any atom is -0.509 e. The second-order valence-electron chi connectivity index (χ2n) is 15.8. The second-order valence-corrected chi connectivity index (χ2v) is 15.8. The van der Waals surface area contributed by atoms with Crippen LogP contribution in [0.3, 0.4) is 0 Å². The van der Waals surface area contributed by atoms with E-state index >= 15 is 0 Å². The van der Waals surface area contributed by atoms with Crippen LogP contribution in [0.4, 0.5) is 0 Å². The van der Waals surface area contributed by atoms with Crippen LogP contribution in [0.1, 0.15) is 83.6 Å². The molecule has 0 spiro atoms. The molecule has 6 heteroatoms. The maximum absolute atomic E-state index is 6.63. The molecule has 0 unspecified atom stereocenters. The predicted molar refractivity (Wildman–Crippen MR) is 215 cm³/mol. The summed E-state index contributed by atoms with van der Waals surface area (Å²) in [6, 6.07) is 35.1. The van der Waals surface area contributed by atoms with Gasteiger partial charge in [-0.25, -0.2) is 4.98 Å². The molecule has 0 aliphatic carbocycles. The molecule has 5 nitrogen and oxygen atoms in total. The molecular weight excluding hydrogens is 832 g/mol. The van der Waals surface area contributed by atoms with Crippen LogP contribution in [0.2, 0.25) is 0 Å². The number of hydrogen-bond donors (Lipinski definition) is 0. The summed E-state index contributed by atoms with van der Waals surface area (Å²) in [5, 5.41) is 7.17. The average molecular weight is 882 g/mol. The van der Waals surface area contributed by atoms with Gasteiger partial charge in [0.1, 0.15) is 5.82 Å². The molecule has 53 heavy (non-hydrogen) atoms. The molecule has 0 fully saturated rings. The van der Waals surface area contributed by atoms with Crippen LogP contribution in [0.5, 0.6) is 11.5 Å². The van der Waals surface area contributed by atoms with E-state index in [1.165, 1.54) is 22.3 Å². The first-order valence-electron chi connectivity index (χ1n) is 18.9. The van der Waals surface area contributed by atoms with Gasteiger partial charge in [-0.15, -0.1) is 41.3 Å². The molecule has 0 saturated heterocycles.